The van der Waals surface area contributed by atoms with Gasteiger partial charge in [0.15, 0.2) is 21.2 Å². The molecule has 4 rings (SSSR count). The van der Waals surface area contributed by atoms with Crippen LogP contribution in [0, 0.1) is 18.6 Å². The minimum atomic E-state index is -3.17. The predicted octanol–water partition coefficient (Wildman–Crippen LogP) is 4.71. The van der Waals surface area contributed by atoms with E-state index in [1.165, 1.54) is 24.5 Å². The first-order chi connectivity index (χ1) is 14.7. The second-order valence-corrected chi connectivity index (χ2v) is 9.51. The summed E-state index contributed by atoms with van der Waals surface area (Å²) in [5.74, 6) is -1.02. The Bertz CT molecular complexity index is 1360. The van der Waals surface area contributed by atoms with Crippen molar-refractivity contribution in [3.63, 3.8) is 0 Å². The maximum absolute atomic E-state index is 13.9. The molecule has 0 spiro atoms. The van der Waals surface area contributed by atoms with Crippen LogP contribution in [0.15, 0.2) is 60.8 Å². The van der Waals surface area contributed by atoms with Crippen molar-refractivity contribution in [3.8, 4) is 17.0 Å². The van der Waals surface area contributed by atoms with Crippen molar-refractivity contribution in [1.82, 2.24) is 9.38 Å². The van der Waals surface area contributed by atoms with Gasteiger partial charge in [-0.25, -0.2) is 22.2 Å². The molecule has 5 nitrogen and oxygen atoms in total. The monoisotopic (exact) mass is 442 g/mol. The molecule has 0 aliphatic rings. The molecule has 160 valence electrons. The van der Waals surface area contributed by atoms with Gasteiger partial charge in [-0.05, 0) is 42.8 Å². The van der Waals surface area contributed by atoms with Crippen LogP contribution in [0.3, 0.4) is 0 Å². The summed E-state index contributed by atoms with van der Waals surface area (Å²) in [4.78, 5) is 4.58. The standard InChI is InChI=1S/C23H20F2N2O3S/c1-15-22(17-7-3-6-16(12-17)14-31(2,28)29)27-11-5-10-21(23(27)26-15)30-13-18-19(24)8-4-9-20(18)25/h3-12H,13-14H2,1-2H3. The summed E-state index contributed by atoms with van der Waals surface area (Å²) in [5.41, 5.74) is 3.33. The number of fused-ring (bicyclic) bond motifs is 1. The average Bonchev–Trinajstić information content (AvgIpc) is 3.03. The lowest BCUT2D eigenvalue weighted by Crippen LogP contribution is -2.03. The van der Waals surface area contributed by atoms with Gasteiger partial charge in [-0.1, -0.05) is 24.3 Å². The number of benzene rings is 2. The van der Waals surface area contributed by atoms with E-state index in [2.05, 4.69) is 4.98 Å². The second kappa shape index (κ2) is 8.11. The van der Waals surface area contributed by atoms with Crippen LogP contribution in [-0.4, -0.2) is 24.1 Å². The lowest BCUT2D eigenvalue weighted by Gasteiger charge is -2.10. The fraction of sp³-hybridized carbons (Fsp3) is 0.174. The summed E-state index contributed by atoms with van der Waals surface area (Å²) >= 11 is 0. The second-order valence-electron chi connectivity index (χ2n) is 7.37. The topological polar surface area (TPSA) is 60.7 Å². The number of imidazole rings is 1. The number of aromatic nitrogens is 2. The first kappa shape index (κ1) is 21.0. The number of hydrogen-bond acceptors (Lipinski definition) is 4. The van der Waals surface area contributed by atoms with Gasteiger partial charge >= 0.3 is 0 Å². The molecule has 0 aliphatic heterocycles. The van der Waals surface area contributed by atoms with Crippen molar-refractivity contribution >= 4 is 15.5 Å². The van der Waals surface area contributed by atoms with E-state index in [4.69, 9.17) is 4.74 Å². The molecule has 2 aromatic heterocycles. The van der Waals surface area contributed by atoms with Crippen LogP contribution in [0.1, 0.15) is 16.8 Å². The molecule has 31 heavy (non-hydrogen) atoms. The largest absolute Gasteiger partial charge is 0.485 e. The molecule has 0 unspecified atom stereocenters. The third kappa shape index (κ3) is 4.44. The van der Waals surface area contributed by atoms with Crippen LogP contribution in [-0.2, 0) is 22.2 Å². The molecule has 0 radical (unpaired) electrons. The Balaban J connectivity index is 1.72. The van der Waals surface area contributed by atoms with E-state index in [0.29, 0.717) is 22.7 Å². The summed E-state index contributed by atoms with van der Waals surface area (Å²) < 4.78 is 58.7. The van der Waals surface area contributed by atoms with Gasteiger partial charge in [-0.2, -0.15) is 0 Å². The minimum Gasteiger partial charge on any atom is -0.485 e. The van der Waals surface area contributed by atoms with Crippen molar-refractivity contribution in [1.29, 1.82) is 0 Å². The molecule has 8 heteroatoms. The number of aryl methyl sites for hydroxylation is 1. The number of rotatable bonds is 6. The molecule has 0 fully saturated rings. The Morgan fingerprint density at radius 1 is 1.03 bits per heavy atom. The molecule has 0 bridgehead atoms. The van der Waals surface area contributed by atoms with Crippen molar-refractivity contribution in [3.05, 3.63) is 89.2 Å². The van der Waals surface area contributed by atoms with Crippen LogP contribution in [0.25, 0.3) is 16.9 Å². The zero-order valence-electron chi connectivity index (χ0n) is 17.0. The summed E-state index contributed by atoms with van der Waals surface area (Å²) in [5, 5.41) is 0. The van der Waals surface area contributed by atoms with Gasteiger partial charge in [0.05, 0.1) is 22.7 Å². The van der Waals surface area contributed by atoms with E-state index in [1.807, 2.05) is 29.7 Å². The molecule has 2 aromatic carbocycles. The third-order valence-corrected chi connectivity index (χ3v) is 5.71. The molecular formula is C23H20F2N2O3S. The smallest absolute Gasteiger partial charge is 0.180 e. The maximum Gasteiger partial charge on any atom is 0.180 e. The fourth-order valence-electron chi connectivity index (χ4n) is 3.55. The van der Waals surface area contributed by atoms with E-state index in [9.17, 15) is 17.2 Å². The van der Waals surface area contributed by atoms with Gasteiger partial charge in [-0.15, -0.1) is 0 Å². The van der Waals surface area contributed by atoms with E-state index in [0.717, 1.165) is 11.3 Å². The Labute approximate surface area is 178 Å². The average molecular weight is 442 g/mol. The first-order valence-electron chi connectivity index (χ1n) is 9.53. The number of ether oxygens (including phenoxy) is 1. The molecule has 2 heterocycles. The highest BCUT2D eigenvalue weighted by Gasteiger charge is 2.16. The molecule has 0 saturated heterocycles. The van der Waals surface area contributed by atoms with Crippen molar-refractivity contribution in [2.75, 3.05) is 6.26 Å². The van der Waals surface area contributed by atoms with Gasteiger partial charge < -0.3 is 4.74 Å². The van der Waals surface area contributed by atoms with Crippen LogP contribution in [0.2, 0.25) is 0 Å². The number of sulfone groups is 1. The van der Waals surface area contributed by atoms with E-state index >= 15 is 0 Å². The van der Waals surface area contributed by atoms with Crippen LogP contribution >= 0.6 is 0 Å². The fourth-order valence-corrected chi connectivity index (χ4v) is 4.33. The lowest BCUT2D eigenvalue weighted by molar-refractivity contribution is 0.294. The summed E-state index contributed by atoms with van der Waals surface area (Å²) in [7, 11) is -3.17. The summed E-state index contributed by atoms with van der Waals surface area (Å²) in [6, 6.07) is 14.4. The quantitative estimate of drug-likeness (QED) is 0.434. The van der Waals surface area contributed by atoms with Crippen molar-refractivity contribution in [2.24, 2.45) is 0 Å². The predicted molar refractivity (Wildman–Crippen MR) is 115 cm³/mol. The van der Waals surface area contributed by atoms with E-state index < -0.39 is 21.5 Å². The molecule has 0 saturated carbocycles. The number of halogens is 2. The molecule has 0 amide bonds. The van der Waals surface area contributed by atoms with Crippen LogP contribution in [0.5, 0.6) is 5.75 Å². The maximum atomic E-state index is 13.9. The van der Waals surface area contributed by atoms with Gasteiger partial charge in [0, 0.05) is 18.0 Å². The zero-order chi connectivity index (χ0) is 22.2. The van der Waals surface area contributed by atoms with Gasteiger partial charge in [0.25, 0.3) is 0 Å². The Morgan fingerprint density at radius 2 is 1.74 bits per heavy atom. The lowest BCUT2D eigenvalue weighted by atomic mass is 10.1. The molecule has 0 aliphatic carbocycles. The normalized spacial score (nSPS) is 11.7. The Morgan fingerprint density at radius 3 is 2.45 bits per heavy atom. The number of nitrogens with zero attached hydrogens (tertiary/aromatic N) is 2. The van der Waals surface area contributed by atoms with Crippen molar-refractivity contribution in [2.45, 2.75) is 19.3 Å². The summed E-state index contributed by atoms with van der Waals surface area (Å²) in [6.07, 6.45) is 3.01. The number of hydrogen-bond donors (Lipinski definition) is 0. The first-order valence-corrected chi connectivity index (χ1v) is 11.6. The minimum absolute atomic E-state index is 0.0564. The SMILES string of the molecule is Cc1nc2c(OCc3c(F)cccc3F)cccn2c1-c1cccc(CS(C)(=O)=O)c1. The Kier molecular flexibility index (Phi) is 5.49. The third-order valence-electron chi connectivity index (χ3n) is 4.85. The molecular weight excluding hydrogens is 422 g/mol. The molecule has 0 N–H and O–H groups in total. The zero-order valence-corrected chi connectivity index (χ0v) is 17.8. The van der Waals surface area contributed by atoms with Crippen LogP contribution in [0.4, 0.5) is 8.78 Å². The number of pyridine rings is 1. The molecule has 4 aromatic rings. The van der Waals surface area contributed by atoms with Gasteiger partial charge in [0.2, 0.25) is 0 Å². The Hall–Kier alpha value is -3.26. The highest BCUT2D eigenvalue weighted by molar-refractivity contribution is 7.89. The van der Waals surface area contributed by atoms with E-state index in [1.54, 1.807) is 24.3 Å². The molecule has 0 atom stereocenters. The highest BCUT2D eigenvalue weighted by Crippen LogP contribution is 2.30. The highest BCUT2D eigenvalue weighted by atomic mass is 32.2. The van der Waals surface area contributed by atoms with E-state index in [-0.39, 0.29) is 17.9 Å². The van der Waals surface area contributed by atoms with Gasteiger partial charge in [0.1, 0.15) is 18.2 Å². The van der Waals surface area contributed by atoms with Crippen molar-refractivity contribution < 1.29 is 21.9 Å². The summed E-state index contributed by atoms with van der Waals surface area (Å²) in [6.45, 7) is 1.56. The van der Waals surface area contributed by atoms with Crippen LogP contribution < -0.4 is 4.74 Å². The van der Waals surface area contributed by atoms with Gasteiger partial charge in [-0.3, -0.25) is 4.40 Å².